The number of methoxy groups -OCH3 is 1. The molecule has 15 heavy (non-hydrogen) atoms. The third kappa shape index (κ3) is 4.82. The van der Waals surface area contributed by atoms with Crippen LogP contribution in [0.15, 0.2) is 11.1 Å². The molecule has 0 fully saturated rings. The van der Waals surface area contributed by atoms with Crippen LogP contribution in [0.3, 0.4) is 0 Å². The van der Waals surface area contributed by atoms with Crippen molar-refractivity contribution < 1.29 is 4.74 Å². The lowest BCUT2D eigenvalue weighted by atomic mass is 10.3. The Morgan fingerprint density at radius 3 is 2.93 bits per heavy atom. The lowest BCUT2D eigenvalue weighted by molar-refractivity contribution is 0.218. The van der Waals surface area contributed by atoms with E-state index in [1.165, 1.54) is 0 Å². The molecule has 0 bridgehead atoms. The molecule has 1 heterocycles. The minimum absolute atomic E-state index is 0.522. The molecule has 0 aromatic carbocycles. The Bertz CT molecular complexity index is 309. The van der Waals surface area contributed by atoms with Crippen LogP contribution in [0.1, 0.15) is 19.2 Å². The average Bonchev–Trinajstić information content (AvgIpc) is 2.18. The predicted molar refractivity (Wildman–Crippen MR) is 63.6 cm³/mol. The van der Waals surface area contributed by atoms with Crippen LogP contribution in [0.25, 0.3) is 0 Å². The predicted octanol–water partition coefficient (Wildman–Crippen LogP) is 2.82. The molecule has 0 spiro atoms. The van der Waals surface area contributed by atoms with Crippen molar-refractivity contribution in [3.63, 3.8) is 0 Å². The molecular formula is C10H15ClN2OS. The maximum Gasteiger partial charge on any atom is 0.133 e. The van der Waals surface area contributed by atoms with E-state index in [0.29, 0.717) is 5.15 Å². The summed E-state index contributed by atoms with van der Waals surface area (Å²) >= 11 is 7.54. The fraction of sp³-hybridized carbons (Fsp3) is 0.600. The van der Waals surface area contributed by atoms with E-state index in [4.69, 9.17) is 16.3 Å². The Kier molecular flexibility index (Phi) is 5.98. The molecule has 1 rings (SSSR count). The van der Waals surface area contributed by atoms with Crippen molar-refractivity contribution in [2.75, 3.05) is 19.5 Å². The molecule has 0 saturated heterocycles. The van der Waals surface area contributed by atoms with Gasteiger partial charge in [0.25, 0.3) is 0 Å². The SMILES string of the molecule is CCCc1nc(Cl)cc(SCCOC)n1. The summed E-state index contributed by atoms with van der Waals surface area (Å²) in [5, 5.41) is 1.45. The number of ether oxygens (including phenoxy) is 1. The molecule has 1 aromatic heterocycles. The van der Waals surface area contributed by atoms with Crippen LogP contribution in [-0.2, 0) is 11.2 Å². The molecule has 0 saturated carbocycles. The van der Waals surface area contributed by atoms with Crippen molar-refractivity contribution in [2.45, 2.75) is 24.8 Å². The summed E-state index contributed by atoms with van der Waals surface area (Å²) in [7, 11) is 1.69. The Morgan fingerprint density at radius 1 is 1.47 bits per heavy atom. The largest absolute Gasteiger partial charge is 0.384 e. The Hall–Kier alpha value is -0.320. The van der Waals surface area contributed by atoms with E-state index < -0.39 is 0 Å². The van der Waals surface area contributed by atoms with Gasteiger partial charge in [-0.05, 0) is 6.42 Å². The molecule has 0 aliphatic rings. The highest BCUT2D eigenvalue weighted by Crippen LogP contribution is 2.18. The van der Waals surface area contributed by atoms with Crippen molar-refractivity contribution in [3.8, 4) is 0 Å². The van der Waals surface area contributed by atoms with Crippen LogP contribution in [0.5, 0.6) is 0 Å². The molecule has 1 aromatic rings. The van der Waals surface area contributed by atoms with Gasteiger partial charge in [-0.2, -0.15) is 0 Å². The minimum Gasteiger partial charge on any atom is -0.384 e. The van der Waals surface area contributed by atoms with Gasteiger partial charge >= 0.3 is 0 Å². The third-order valence-corrected chi connectivity index (χ3v) is 2.80. The normalized spacial score (nSPS) is 10.6. The van der Waals surface area contributed by atoms with E-state index in [0.717, 1.165) is 36.1 Å². The zero-order valence-electron chi connectivity index (χ0n) is 8.99. The average molecular weight is 247 g/mol. The van der Waals surface area contributed by atoms with Gasteiger partial charge in [-0.1, -0.05) is 18.5 Å². The first kappa shape index (κ1) is 12.7. The summed E-state index contributed by atoms with van der Waals surface area (Å²) in [5.74, 6) is 1.71. The highest BCUT2D eigenvalue weighted by atomic mass is 35.5. The summed E-state index contributed by atoms with van der Waals surface area (Å²) in [6, 6.07) is 1.79. The van der Waals surface area contributed by atoms with Gasteiger partial charge in [0.1, 0.15) is 16.0 Å². The van der Waals surface area contributed by atoms with Crippen molar-refractivity contribution >= 4 is 23.4 Å². The van der Waals surface area contributed by atoms with E-state index in [1.807, 2.05) is 0 Å². The van der Waals surface area contributed by atoms with Gasteiger partial charge in [0.15, 0.2) is 0 Å². The van der Waals surface area contributed by atoms with Gasteiger partial charge in [-0.15, -0.1) is 11.8 Å². The quantitative estimate of drug-likeness (QED) is 0.439. The number of rotatable bonds is 6. The zero-order valence-corrected chi connectivity index (χ0v) is 10.6. The number of halogens is 1. The van der Waals surface area contributed by atoms with Crippen LogP contribution in [-0.4, -0.2) is 29.4 Å². The van der Waals surface area contributed by atoms with Gasteiger partial charge < -0.3 is 4.74 Å². The first-order valence-corrected chi connectivity index (χ1v) is 6.27. The summed E-state index contributed by atoms with van der Waals surface area (Å²) in [5.41, 5.74) is 0. The zero-order chi connectivity index (χ0) is 11.1. The van der Waals surface area contributed by atoms with Gasteiger partial charge in [0.2, 0.25) is 0 Å². The van der Waals surface area contributed by atoms with Crippen LogP contribution < -0.4 is 0 Å². The Balaban J connectivity index is 2.62. The number of aromatic nitrogens is 2. The van der Waals surface area contributed by atoms with Gasteiger partial charge in [0.05, 0.1) is 6.61 Å². The van der Waals surface area contributed by atoms with Crippen LogP contribution >= 0.6 is 23.4 Å². The number of nitrogens with zero attached hydrogens (tertiary/aromatic N) is 2. The summed E-state index contributed by atoms with van der Waals surface area (Å²) < 4.78 is 4.97. The Morgan fingerprint density at radius 2 is 2.27 bits per heavy atom. The smallest absolute Gasteiger partial charge is 0.133 e. The monoisotopic (exact) mass is 246 g/mol. The Labute approximate surface area is 99.6 Å². The summed E-state index contributed by atoms with van der Waals surface area (Å²) in [6.07, 6.45) is 1.90. The molecule has 0 N–H and O–H groups in total. The van der Waals surface area contributed by atoms with Crippen molar-refractivity contribution in [2.24, 2.45) is 0 Å². The number of hydrogen-bond acceptors (Lipinski definition) is 4. The van der Waals surface area contributed by atoms with E-state index in [9.17, 15) is 0 Å². The summed E-state index contributed by atoms with van der Waals surface area (Å²) in [4.78, 5) is 8.57. The fourth-order valence-corrected chi connectivity index (χ4v) is 2.17. The molecule has 0 atom stereocenters. The molecule has 0 amide bonds. The standard InChI is InChI=1S/C10H15ClN2OS/c1-3-4-9-12-8(11)7-10(13-9)15-6-5-14-2/h7H,3-6H2,1-2H3. The van der Waals surface area contributed by atoms with Crippen molar-refractivity contribution in [1.82, 2.24) is 9.97 Å². The van der Waals surface area contributed by atoms with Crippen molar-refractivity contribution in [3.05, 3.63) is 17.0 Å². The highest BCUT2D eigenvalue weighted by Gasteiger charge is 2.03. The molecule has 0 radical (unpaired) electrons. The first-order valence-electron chi connectivity index (χ1n) is 4.91. The van der Waals surface area contributed by atoms with E-state index in [-0.39, 0.29) is 0 Å². The molecule has 0 unspecified atom stereocenters. The fourth-order valence-electron chi connectivity index (χ4n) is 1.08. The second-order valence-corrected chi connectivity index (χ2v) is 4.54. The van der Waals surface area contributed by atoms with Gasteiger partial charge in [-0.3, -0.25) is 0 Å². The van der Waals surface area contributed by atoms with Gasteiger partial charge in [-0.25, -0.2) is 9.97 Å². The second-order valence-electron chi connectivity index (χ2n) is 3.04. The second kappa shape index (κ2) is 7.04. The number of hydrogen-bond donors (Lipinski definition) is 0. The number of aryl methyl sites for hydroxylation is 1. The highest BCUT2D eigenvalue weighted by molar-refractivity contribution is 7.99. The molecule has 5 heteroatoms. The van der Waals surface area contributed by atoms with Gasteiger partial charge in [0, 0.05) is 25.3 Å². The van der Waals surface area contributed by atoms with Crippen molar-refractivity contribution in [1.29, 1.82) is 0 Å². The maximum atomic E-state index is 5.90. The summed E-state index contributed by atoms with van der Waals surface area (Å²) in [6.45, 7) is 2.82. The van der Waals surface area contributed by atoms with Crippen LogP contribution in [0, 0.1) is 0 Å². The van der Waals surface area contributed by atoms with Crippen LogP contribution in [0.4, 0.5) is 0 Å². The van der Waals surface area contributed by atoms with E-state index in [2.05, 4.69) is 16.9 Å². The first-order chi connectivity index (χ1) is 7.26. The maximum absolute atomic E-state index is 5.90. The lowest BCUT2D eigenvalue weighted by Crippen LogP contribution is -1.98. The molecule has 84 valence electrons. The third-order valence-electron chi connectivity index (χ3n) is 1.73. The molecule has 3 nitrogen and oxygen atoms in total. The van der Waals surface area contributed by atoms with E-state index >= 15 is 0 Å². The lowest BCUT2D eigenvalue weighted by Gasteiger charge is -2.03. The minimum atomic E-state index is 0.522. The number of thioether (sulfide) groups is 1. The van der Waals surface area contributed by atoms with Crippen LogP contribution in [0.2, 0.25) is 5.15 Å². The van der Waals surface area contributed by atoms with E-state index in [1.54, 1.807) is 24.9 Å². The topological polar surface area (TPSA) is 35.0 Å². The molecule has 0 aliphatic heterocycles. The molecular weight excluding hydrogens is 232 g/mol. The molecule has 0 aliphatic carbocycles.